The van der Waals surface area contributed by atoms with Crippen LogP contribution in [0.25, 0.3) is 93.9 Å². The van der Waals surface area contributed by atoms with E-state index in [0.29, 0.717) is 0 Å². The minimum absolute atomic E-state index is 0.0884. The molecule has 3 aliphatic rings. The lowest BCUT2D eigenvalue weighted by atomic mass is 9.24. The molecule has 0 aliphatic carbocycles. The summed E-state index contributed by atoms with van der Waals surface area (Å²) in [5.41, 5.74) is 22.6. The first-order valence-corrected chi connectivity index (χ1v) is 25.9. The van der Waals surface area contributed by atoms with Crippen LogP contribution in [0.5, 0.6) is 0 Å². The number of fused-ring (bicyclic) bond motifs is 12. The summed E-state index contributed by atoms with van der Waals surface area (Å²) in [6.45, 7) is 14.5. The molecule has 0 N–H and O–H groups in total. The molecule has 6 heteroatoms. The first-order chi connectivity index (χ1) is 35.5. The van der Waals surface area contributed by atoms with E-state index in [1.54, 1.807) is 0 Å². The van der Waals surface area contributed by atoms with Crippen molar-refractivity contribution in [2.45, 2.75) is 57.8 Å². The van der Waals surface area contributed by atoms with Gasteiger partial charge in [-0.15, -0.1) is 0 Å². The zero-order valence-electron chi connectivity index (χ0n) is 41.8. The minimum Gasteiger partial charge on any atom is -0.308 e. The Morgan fingerprint density at radius 2 is 0.712 bits per heavy atom. The highest BCUT2D eigenvalue weighted by Gasteiger charge is 2.55. The number of aromatic nitrogens is 5. The largest absolute Gasteiger partial charge is 0.308 e. The minimum atomic E-state index is -0.367. The van der Waals surface area contributed by atoms with Crippen molar-refractivity contribution in [3.8, 4) is 28.5 Å². The van der Waals surface area contributed by atoms with Crippen LogP contribution in [0, 0.1) is 0 Å². The average Bonchev–Trinajstić information content (AvgIpc) is 4.07. The Bertz CT molecular complexity index is 4440. The molecule has 3 aliphatic heterocycles. The second kappa shape index (κ2) is 13.9. The van der Waals surface area contributed by atoms with E-state index in [9.17, 15) is 0 Å². The fourth-order valence-electron chi connectivity index (χ4n) is 14.5. The van der Waals surface area contributed by atoms with Crippen molar-refractivity contribution in [1.82, 2.24) is 23.7 Å². The quantitative estimate of drug-likeness (QED) is 0.165. The van der Waals surface area contributed by atoms with Gasteiger partial charge in [-0.3, -0.25) is 0 Å². The van der Waals surface area contributed by atoms with Crippen molar-refractivity contribution >= 4 is 88.5 Å². The smallest absolute Gasteiger partial charge is 0.247 e. The fraction of sp³-hybridized carbons (Fsp3) is 0.134. The molecule has 0 spiro atoms. The molecule has 0 atom stereocenters. The second-order valence-corrected chi connectivity index (χ2v) is 22.4. The molecule has 16 rings (SSSR count). The van der Waals surface area contributed by atoms with Crippen LogP contribution >= 0.6 is 0 Å². The number of hydrogen-bond acceptors (Lipinski definition) is 2. The summed E-state index contributed by atoms with van der Waals surface area (Å²) in [7, 11) is 0. The summed E-state index contributed by atoms with van der Waals surface area (Å²) in [4.78, 5) is 11.7. The van der Waals surface area contributed by atoms with E-state index in [2.05, 4.69) is 249 Å². The monoisotopic (exact) mass is 935 g/mol. The predicted molar refractivity (Wildman–Crippen MR) is 304 cm³/mol. The fourth-order valence-corrected chi connectivity index (χ4v) is 14.5. The van der Waals surface area contributed by atoms with E-state index in [-0.39, 0.29) is 23.0 Å². The molecule has 346 valence electrons. The lowest BCUT2D eigenvalue weighted by molar-refractivity contribution is 0.575. The first-order valence-electron chi connectivity index (χ1n) is 25.9. The molecule has 13 aromatic rings. The van der Waals surface area contributed by atoms with Crippen molar-refractivity contribution in [2.75, 3.05) is 0 Å². The molecule has 0 fully saturated rings. The molecule has 7 heterocycles. The van der Waals surface area contributed by atoms with Crippen molar-refractivity contribution in [3.63, 3.8) is 0 Å². The van der Waals surface area contributed by atoms with E-state index >= 15 is 0 Å². The van der Waals surface area contributed by atoms with Crippen molar-refractivity contribution < 1.29 is 0 Å². The van der Waals surface area contributed by atoms with E-state index in [1.165, 1.54) is 93.2 Å². The van der Waals surface area contributed by atoms with Crippen LogP contribution in [0.15, 0.2) is 194 Å². The van der Waals surface area contributed by atoms with Gasteiger partial charge in [-0.25, -0.2) is 9.97 Å². The van der Waals surface area contributed by atoms with Gasteiger partial charge in [0.25, 0.3) is 0 Å². The predicted octanol–water partition coefficient (Wildman–Crippen LogP) is 13.9. The molecule has 73 heavy (non-hydrogen) atoms. The average molecular weight is 936 g/mol. The highest BCUT2D eigenvalue weighted by atomic mass is 15.0. The van der Waals surface area contributed by atoms with Crippen LogP contribution in [0.4, 0.5) is 0 Å². The Labute approximate surface area is 424 Å². The summed E-state index contributed by atoms with van der Waals surface area (Å²) in [5, 5.41) is 7.24. The van der Waals surface area contributed by atoms with Gasteiger partial charge in [0.2, 0.25) is 6.71 Å². The summed E-state index contributed by atoms with van der Waals surface area (Å²) in [5.74, 6) is 0.773. The van der Waals surface area contributed by atoms with Gasteiger partial charge in [-0.1, -0.05) is 180 Å². The molecular weight excluding hydrogens is 886 g/mol. The van der Waals surface area contributed by atoms with Crippen molar-refractivity contribution in [3.05, 3.63) is 228 Å². The molecule has 4 aromatic heterocycles. The molecule has 0 unspecified atom stereocenters. The maximum Gasteiger partial charge on any atom is 0.247 e. The lowest BCUT2D eigenvalue weighted by Gasteiger charge is -2.51. The number of rotatable bonds is 4. The van der Waals surface area contributed by atoms with Crippen LogP contribution in [0.3, 0.4) is 0 Å². The van der Waals surface area contributed by atoms with Gasteiger partial charge in [-0.05, 0) is 94.4 Å². The van der Waals surface area contributed by atoms with Crippen LogP contribution in [-0.2, 0) is 16.2 Å². The van der Waals surface area contributed by atoms with E-state index in [1.807, 2.05) is 0 Å². The van der Waals surface area contributed by atoms with E-state index < -0.39 is 0 Å². The molecular formula is C67H50BN5. The van der Waals surface area contributed by atoms with Crippen LogP contribution in [0.1, 0.15) is 75.2 Å². The third-order valence-electron chi connectivity index (χ3n) is 17.6. The molecule has 5 nitrogen and oxygen atoms in total. The number of benzene rings is 9. The Balaban J connectivity index is 1.09. The van der Waals surface area contributed by atoms with Gasteiger partial charge < -0.3 is 13.7 Å². The lowest BCUT2D eigenvalue weighted by Crippen LogP contribution is -2.71. The van der Waals surface area contributed by atoms with E-state index in [4.69, 9.17) is 9.97 Å². The molecule has 0 amide bonds. The second-order valence-electron chi connectivity index (χ2n) is 22.4. The van der Waals surface area contributed by atoms with Crippen molar-refractivity contribution in [2.24, 2.45) is 0 Å². The zero-order chi connectivity index (χ0) is 48.9. The Morgan fingerprint density at radius 1 is 0.342 bits per heavy atom. The summed E-state index contributed by atoms with van der Waals surface area (Å²) in [6, 6.07) is 71.9. The summed E-state index contributed by atoms with van der Waals surface area (Å²) < 4.78 is 7.56. The van der Waals surface area contributed by atoms with Crippen LogP contribution in [-0.4, -0.2) is 30.4 Å². The molecule has 0 saturated carbocycles. The third-order valence-corrected chi connectivity index (χ3v) is 17.6. The van der Waals surface area contributed by atoms with Crippen LogP contribution < -0.4 is 16.4 Å². The summed E-state index contributed by atoms with van der Waals surface area (Å²) in [6.07, 6.45) is 0. The van der Waals surface area contributed by atoms with Gasteiger partial charge in [-0.2, -0.15) is 0 Å². The van der Waals surface area contributed by atoms with Crippen molar-refractivity contribution in [1.29, 1.82) is 0 Å². The highest BCUT2D eigenvalue weighted by Crippen LogP contribution is 2.52. The zero-order valence-corrected chi connectivity index (χ0v) is 41.8. The topological polar surface area (TPSA) is 40.6 Å². The Hall–Kier alpha value is -8.48. The standard InChI is InChI=1S/C67H50BN5/c1-65(2)46-30-20-32-48-56(46)68-57-47(65)31-21-33-49(57)67(5,6)63-58(68)62(66(48,3)4)69-64(70-63)39-36-37-52-45(38-39)55-60-53(44-29-17-19-35-51(44)72(60)41-24-12-8-13-25-41)59-54(61(55)73(52)42-26-14-9-15-27-42)43-28-16-18-34-50(43)71(59)40-22-10-7-11-23-40/h7-38H,1-6H3. The van der Waals surface area contributed by atoms with Gasteiger partial charge in [0.1, 0.15) is 0 Å². The molecule has 9 aromatic carbocycles. The Kier molecular flexibility index (Phi) is 7.86. The van der Waals surface area contributed by atoms with Crippen LogP contribution in [0.2, 0.25) is 0 Å². The third kappa shape index (κ3) is 5.04. The maximum absolute atomic E-state index is 5.87. The van der Waals surface area contributed by atoms with E-state index in [0.717, 1.165) is 50.7 Å². The molecule has 0 bridgehead atoms. The molecule has 0 saturated heterocycles. The van der Waals surface area contributed by atoms with Gasteiger partial charge in [0, 0.05) is 71.2 Å². The number of para-hydroxylation sites is 5. The van der Waals surface area contributed by atoms with Gasteiger partial charge in [0.05, 0.1) is 44.5 Å². The number of hydrogen-bond donors (Lipinski definition) is 0. The maximum atomic E-state index is 5.87. The summed E-state index contributed by atoms with van der Waals surface area (Å²) >= 11 is 0. The molecule has 0 radical (unpaired) electrons. The first kappa shape index (κ1) is 41.2. The van der Waals surface area contributed by atoms with Gasteiger partial charge >= 0.3 is 0 Å². The van der Waals surface area contributed by atoms with Gasteiger partial charge in [0.15, 0.2) is 5.82 Å². The number of nitrogens with zero attached hydrogens (tertiary/aromatic N) is 5. The Morgan fingerprint density at radius 3 is 1.15 bits per heavy atom. The highest BCUT2D eigenvalue weighted by molar-refractivity contribution is 6.98. The normalized spacial score (nSPS) is 15.6. The SMILES string of the molecule is CC1(C)c2cccc3c2B2c4c1cccc4C(C)(C)c1nc(-c4ccc5c(c4)c4c6c(c7ccccc7n6-c6ccccc6)c6c(c7ccccc7n6-c6ccccc6)c4n5-c4ccccc4)nc(c12)C3(C)C.